The van der Waals surface area contributed by atoms with Crippen LogP contribution >= 0.6 is 7.82 Å². The summed E-state index contributed by atoms with van der Waals surface area (Å²) in [4.78, 5) is 22.5. The quantitative estimate of drug-likeness (QED) is 0.0270. The lowest BCUT2D eigenvalue weighted by Crippen LogP contribution is -2.28. The number of carbonyl (C=O) groups is 1. The summed E-state index contributed by atoms with van der Waals surface area (Å²) in [6, 6.07) is 0. The van der Waals surface area contributed by atoms with Crippen LogP contribution in [0.4, 0.5) is 0 Å². The molecule has 3 N–H and O–H groups in total. The summed E-state index contributed by atoms with van der Waals surface area (Å²) in [6.45, 7) is 4.73. The SMILES string of the molecule is CC/C=C\C/C=C\C/C=C\C/C=C\C/C=C\C/C=C\C/C=C\CCCCCCOCC(COP(=O)(O)OCCN)OC(=O)CCCCCCCCCCCCCCC. The number of nitrogens with two attached hydrogens (primary N) is 1. The molecule has 0 radical (unpaired) electrons. The number of phosphoric acid groups is 1. The van der Waals surface area contributed by atoms with E-state index in [9.17, 15) is 14.3 Å². The monoisotopic (exact) mass is 832 g/mol. The lowest BCUT2D eigenvalue weighted by molar-refractivity contribution is -0.154. The standard InChI is InChI=1S/C49H86NO7P/c1-3-5-7-9-11-13-15-17-18-19-20-21-22-23-24-25-26-27-28-29-31-33-35-37-39-41-44-54-46-48(47-56-58(52,53)55-45-43-50)57-49(51)42-40-38-36-34-32-30-16-14-12-10-8-6-4-2/h5,7,11,13,17-18,20-21,23-24,26-27,29,31,48H,3-4,6,8-10,12,14-16,19,22,25,28,30,32-47,50H2,1-2H3,(H,52,53)/b7-5-,13-11-,18-17-,21-20-,24-23-,27-26-,31-29-. The summed E-state index contributed by atoms with van der Waals surface area (Å²) >= 11 is 0. The van der Waals surface area contributed by atoms with Gasteiger partial charge in [-0.05, 0) is 70.6 Å². The van der Waals surface area contributed by atoms with Gasteiger partial charge in [-0.25, -0.2) is 4.57 Å². The van der Waals surface area contributed by atoms with Crippen molar-refractivity contribution in [1.82, 2.24) is 0 Å². The topological polar surface area (TPSA) is 117 Å². The van der Waals surface area contributed by atoms with Gasteiger partial charge in [-0.2, -0.15) is 0 Å². The molecule has 0 fully saturated rings. The predicted molar refractivity (Wildman–Crippen MR) is 247 cm³/mol. The second-order valence-corrected chi connectivity index (χ2v) is 16.3. The van der Waals surface area contributed by atoms with Crippen LogP contribution in [-0.2, 0) is 27.9 Å². The van der Waals surface area contributed by atoms with Crippen molar-refractivity contribution in [3.8, 4) is 0 Å². The van der Waals surface area contributed by atoms with E-state index in [0.29, 0.717) is 13.0 Å². The average molecular weight is 832 g/mol. The van der Waals surface area contributed by atoms with Crippen molar-refractivity contribution in [2.75, 3.05) is 33.0 Å². The molecule has 0 heterocycles. The molecule has 8 nitrogen and oxygen atoms in total. The molecule has 58 heavy (non-hydrogen) atoms. The van der Waals surface area contributed by atoms with Gasteiger partial charge in [0.2, 0.25) is 0 Å². The Morgan fingerprint density at radius 3 is 1.45 bits per heavy atom. The molecule has 0 spiro atoms. The minimum atomic E-state index is -4.29. The molecule has 0 bridgehead atoms. The smallest absolute Gasteiger partial charge is 0.457 e. The van der Waals surface area contributed by atoms with E-state index in [1.807, 2.05) is 0 Å². The molecular formula is C49H86NO7P. The summed E-state index contributed by atoms with van der Waals surface area (Å²) in [7, 11) is -4.29. The molecule has 0 saturated heterocycles. The van der Waals surface area contributed by atoms with E-state index < -0.39 is 13.9 Å². The normalized spacial score (nSPS) is 14.2. The zero-order valence-corrected chi connectivity index (χ0v) is 37.9. The number of allylic oxidation sites excluding steroid dienone is 14. The number of hydrogen-bond acceptors (Lipinski definition) is 7. The van der Waals surface area contributed by atoms with Gasteiger partial charge in [-0.3, -0.25) is 13.8 Å². The highest BCUT2D eigenvalue weighted by Gasteiger charge is 2.25. The van der Waals surface area contributed by atoms with Crippen LogP contribution in [0, 0.1) is 0 Å². The zero-order chi connectivity index (χ0) is 42.3. The molecular weight excluding hydrogens is 746 g/mol. The first kappa shape index (κ1) is 55.7. The minimum absolute atomic E-state index is 0.0924. The fraction of sp³-hybridized carbons (Fsp3) is 0.694. The van der Waals surface area contributed by atoms with E-state index in [-0.39, 0.29) is 32.3 Å². The lowest BCUT2D eigenvalue weighted by atomic mass is 10.0. The van der Waals surface area contributed by atoms with Crippen LogP contribution in [0.3, 0.4) is 0 Å². The van der Waals surface area contributed by atoms with Crippen LogP contribution in [0.25, 0.3) is 0 Å². The number of ether oxygens (including phenoxy) is 2. The Hall–Kier alpha value is -2.32. The van der Waals surface area contributed by atoms with E-state index >= 15 is 0 Å². The van der Waals surface area contributed by atoms with Crippen molar-refractivity contribution >= 4 is 13.8 Å². The highest BCUT2D eigenvalue weighted by molar-refractivity contribution is 7.47. The fourth-order valence-electron chi connectivity index (χ4n) is 5.98. The van der Waals surface area contributed by atoms with E-state index in [0.717, 1.165) is 96.3 Å². The van der Waals surface area contributed by atoms with Crippen molar-refractivity contribution in [3.63, 3.8) is 0 Å². The Bertz CT molecular complexity index is 1160. The van der Waals surface area contributed by atoms with Crippen molar-refractivity contribution in [1.29, 1.82) is 0 Å². The number of esters is 1. The van der Waals surface area contributed by atoms with Gasteiger partial charge >= 0.3 is 13.8 Å². The number of unbranched alkanes of at least 4 members (excludes halogenated alkanes) is 16. The third-order valence-corrected chi connectivity index (χ3v) is 10.3. The average Bonchev–Trinajstić information content (AvgIpc) is 3.21. The van der Waals surface area contributed by atoms with Gasteiger partial charge in [-0.1, -0.05) is 189 Å². The Labute approximate surface area is 356 Å². The molecule has 0 aromatic rings. The van der Waals surface area contributed by atoms with Gasteiger partial charge in [-0.15, -0.1) is 0 Å². The Kier molecular flexibility index (Phi) is 43.9. The molecule has 0 aromatic carbocycles. The fourth-order valence-corrected chi connectivity index (χ4v) is 6.74. The van der Waals surface area contributed by atoms with E-state index in [2.05, 4.69) is 98.9 Å². The first-order valence-electron chi connectivity index (χ1n) is 23.1. The summed E-state index contributed by atoms with van der Waals surface area (Å²) in [5, 5.41) is 0. The summed E-state index contributed by atoms with van der Waals surface area (Å²) in [5.74, 6) is -0.343. The number of carbonyl (C=O) groups excluding carboxylic acids is 1. The van der Waals surface area contributed by atoms with Crippen LogP contribution < -0.4 is 5.73 Å². The largest absolute Gasteiger partial charge is 0.472 e. The highest BCUT2D eigenvalue weighted by atomic mass is 31.2. The third kappa shape index (κ3) is 44.8. The Balaban J connectivity index is 4.06. The van der Waals surface area contributed by atoms with Crippen molar-refractivity contribution in [3.05, 3.63) is 85.1 Å². The molecule has 334 valence electrons. The molecule has 0 amide bonds. The third-order valence-electron chi connectivity index (χ3n) is 9.33. The highest BCUT2D eigenvalue weighted by Crippen LogP contribution is 2.43. The lowest BCUT2D eigenvalue weighted by Gasteiger charge is -2.20. The van der Waals surface area contributed by atoms with Crippen molar-refractivity contribution in [2.45, 2.75) is 187 Å². The first-order chi connectivity index (χ1) is 28.4. The second kappa shape index (κ2) is 45.8. The minimum Gasteiger partial charge on any atom is -0.457 e. The van der Waals surface area contributed by atoms with Gasteiger partial charge in [0.15, 0.2) is 0 Å². The molecule has 0 aliphatic rings. The molecule has 0 aliphatic carbocycles. The Morgan fingerprint density at radius 1 is 0.534 bits per heavy atom. The number of rotatable bonds is 43. The van der Waals surface area contributed by atoms with E-state index in [4.69, 9.17) is 24.3 Å². The molecule has 0 saturated carbocycles. The van der Waals surface area contributed by atoms with Crippen LogP contribution in [0.2, 0.25) is 0 Å². The van der Waals surface area contributed by atoms with Gasteiger partial charge in [0, 0.05) is 19.6 Å². The number of hydrogen-bond donors (Lipinski definition) is 2. The maximum Gasteiger partial charge on any atom is 0.472 e. The van der Waals surface area contributed by atoms with Gasteiger partial charge in [0.25, 0.3) is 0 Å². The molecule has 2 atom stereocenters. The summed E-state index contributed by atoms with van der Waals surface area (Å²) in [5.41, 5.74) is 5.37. The molecule has 0 rings (SSSR count). The molecule has 0 aliphatic heterocycles. The van der Waals surface area contributed by atoms with Crippen molar-refractivity contribution in [2.24, 2.45) is 5.73 Å². The zero-order valence-electron chi connectivity index (χ0n) is 37.0. The van der Waals surface area contributed by atoms with Gasteiger partial charge in [0.05, 0.1) is 19.8 Å². The van der Waals surface area contributed by atoms with Crippen LogP contribution in [-0.4, -0.2) is 49.9 Å². The molecule has 9 heteroatoms. The maximum atomic E-state index is 12.6. The van der Waals surface area contributed by atoms with Crippen LogP contribution in [0.15, 0.2) is 85.1 Å². The summed E-state index contributed by atoms with van der Waals surface area (Å²) < 4.78 is 33.4. The van der Waals surface area contributed by atoms with Gasteiger partial charge in [0.1, 0.15) is 6.10 Å². The van der Waals surface area contributed by atoms with Gasteiger partial charge < -0.3 is 20.1 Å². The van der Waals surface area contributed by atoms with E-state index in [1.165, 1.54) is 64.2 Å². The summed E-state index contributed by atoms with van der Waals surface area (Å²) in [6.07, 6.45) is 58.9. The van der Waals surface area contributed by atoms with E-state index in [1.54, 1.807) is 0 Å². The second-order valence-electron chi connectivity index (χ2n) is 14.9. The predicted octanol–water partition coefficient (Wildman–Crippen LogP) is 14.1. The van der Waals surface area contributed by atoms with Crippen LogP contribution in [0.5, 0.6) is 0 Å². The maximum absolute atomic E-state index is 12.6. The first-order valence-corrected chi connectivity index (χ1v) is 24.6. The Morgan fingerprint density at radius 2 is 0.966 bits per heavy atom. The molecule has 2 unspecified atom stereocenters. The van der Waals surface area contributed by atoms with Crippen molar-refractivity contribution < 1.29 is 32.8 Å². The molecule has 0 aromatic heterocycles. The van der Waals surface area contributed by atoms with Crippen LogP contribution in [0.1, 0.15) is 181 Å². The number of phosphoric ester groups is 1.